The first-order chi connectivity index (χ1) is 12.3. The minimum Gasteiger partial charge on any atom is -0.325 e. The zero-order valence-corrected chi connectivity index (χ0v) is 17.2. The van der Waals surface area contributed by atoms with Crippen molar-refractivity contribution in [3.05, 3.63) is 49.6 Å². The fourth-order valence-corrected chi connectivity index (χ4v) is 4.64. The number of amides is 1. The summed E-state index contributed by atoms with van der Waals surface area (Å²) in [5.41, 5.74) is 2.52. The summed E-state index contributed by atoms with van der Waals surface area (Å²) in [6.07, 6.45) is 0. The summed E-state index contributed by atoms with van der Waals surface area (Å²) in [6.45, 7) is 5.80. The number of hydrogen-bond donors (Lipinski definition) is 1. The SMILES string of the molecule is Cc1cc(Cl)ccc1NC(=O)CSc1nc2sc(C)c(C)c2c(=O)n1C. The number of nitrogens with one attached hydrogen (secondary N) is 1. The van der Waals surface area contributed by atoms with Crippen molar-refractivity contribution in [1.29, 1.82) is 0 Å². The molecule has 0 radical (unpaired) electrons. The van der Waals surface area contributed by atoms with Gasteiger partial charge < -0.3 is 5.32 Å². The van der Waals surface area contributed by atoms with Gasteiger partial charge in [0.05, 0.1) is 11.1 Å². The minimum atomic E-state index is -0.159. The molecule has 2 aromatic heterocycles. The van der Waals surface area contributed by atoms with Crippen molar-refractivity contribution < 1.29 is 4.79 Å². The Labute approximate surface area is 164 Å². The van der Waals surface area contributed by atoms with E-state index < -0.39 is 0 Å². The first-order valence-corrected chi connectivity index (χ1v) is 10.1. The number of rotatable bonds is 4. The molecule has 0 saturated carbocycles. The van der Waals surface area contributed by atoms with Crippen LogP contribution in [0.2, 0.25) is 5.02 Å². The minimum absolute atomic E-state index is 0.0756. The van der Waals surface area contributed by atoms with Gasteiger partial charge in [-0.05, 0) is 50.1 Å². The van der Waals surface area contributed by atoms with Crippen molar-refractivity contribution in [1.82, 2.24) is 9.55 Å². The highest BCUT2D eigenvalue weighted by molar-refractivity contribution is 7.99. The number of fused-ring (bicyclic) bond motifs is 1. The lowest BCUT2D eigenvalue weighted by atomic mass is 10.2. The smallest absolute Gasteiger partial charge is 0.262 e. The summed E-state index contributed by atoms with van der Waals surface area (Å²) in [5.74, 6) is 0.00491. The second-order valence-corrected chi connectivity index (χ2v) is 8.60. The summed E-state index contributed by atoms with van der Waals surface area (Å²) < 4.78 is 1.51. The van der Waals surface area contributed by atoms with E-state index >= 15 is 0 Å². The van der Waals surface area contributed by atoms with Crippen LogP contribution in [0.25, 0.3) is 10.2 Å². The molecule has 0 atom stereocenters. The Balaban J connectivity index is 1.78. The molecule has 0 aliphatic heterocycles. The number of aryl methyl sites for hydroxylation is 3. The molecular weight excluding hydrogens is 390 g/mol. The third-order valence-corrected chi connectivity index (χ3v) is 6.53. The van der Waals surface area contributed by atoms with Crippen LogP contribution >= 0.6 is 34.7 Å². The third-order valence-electron chi connectivity index (χ3n) is 4.16. The van der Waals surface area contributed by atoms with Crippen LogP contribution in [0.5, 0.6) is 0 Å². The second-order valence-electron chi connectivity index (χ2n) is 6.02. The van der Waals surface area contributed by atoms with Crippen LogP contribution < -0.4 is 10.9 Å². The number of hydrogen-bond acceptors (Lipinski definition) is 5. The fraction of sp³-hybridized carbons (Fsp3) is 0.278. The predicted octanol–water partition coefficient (Wildman–Crippen LogP) is 4.30. The summed E-state index contributed by atoms with van der Waals surface area (Å²) >= 11 is 8.68. The Kier molecular flexibility index (Phi) is 5.41. The van der Waals surface area contributed by atoms with Gasteiger partial charge in [-0.2, -0.15) is 0 Å². The number of anilines is 1. The van der Waals surface area contributed by atoms with E-state index in [1.165, 1.54) is 27.7 Å². The van der Waals surface area contributed by atoms with Crippen molar-refractivity contribution in [2.45, 2.75) is 25.9 Å². The Hall–Kier alpha value is -1.83. The third kappa shape index (κ3) is 3.65. The van der Waals surface area contributed by atoms with Gasteiger partial charge in [-0.3, -0.25) is 14.2 Å². The number of thiophene rings is 1. The monoisotopic (exact) mass is 407 g/mol. The Morgan fingerprint density at radius 3 is 2.77 bits per heavy atom. The summed E-state index contributed by atoms with van der Waals surface area (Å²) in [4.78, 5) is 31.2. The van der Waals surface area contributed by atoms with Crippen LogP contribution in [0.3, 0.4) is 0 Å². The molecular formula is C18H18ClN3O2S2. The van der Waals surface area contributed by atoms with Crippen LogP contribution in [-0.4, -0.2) is 21.2 Å². The van der Waals surface area contributed by atoms with Gasteiger partial charge in [-0.15, -0.1) is 11.3 Å². The van der Waals surface area contributed by atoms with Gasteiger partial charge in [-0.25, -0.2) is 4.98 Å². The van der Waals surface area contributed by atoms with Gasteiger partial charge in [-0.1, -0.05) is 23.4 Å². The first kappa shape index (κ1) is 18.9. The number of nitrogens with zero attached hydrogens (tertiary/aromatic N) is 2. The maximum Gasteiger partial charge on any atom is 0.262 e. The van der Waals surface area contributed by atoms with E-state index in [1.54, 1.807) is 25.2 Å². The maximum absolute atomic E-state index is 12.6. The highest BCUT2D eigenvalue weighted by atomic mass is 35.5. The van der Waals surface area contributed by atoms with Gasteiger partial charge >= 0.3 is 0 Å². The first-order valence-electron chi connectivity index (χ1n) is 7.93. The molecule has 3 aromatic rings. The molecule has 1 aromatic carbocycles. The number of carbonyl (C=O) groups is 1. The largest absolute Gasteiger partial charge is 0.325 e. The molecule has 3 rings (SSSR count). The number of thioether (sulfide) groups is 1. The number of halogens is 1. The Morgan fingerprint density at radius 2 is 2.08 bits per heavy atom. The lowest BCUT2D eigenvalue weighted by Crippen LogP contribution is -2.21. The Morgan fingerprint density at radius 1 is 1.35 bits per heavy atom. The molecule has 26 heavy (non-hydrogen) atoms. The summed E-state index contributed by atoms with van der Waals surface area (Å²) in [6, 6.07) is 5.31. The zero-order chi connectivity index (χ0) is 19.0. The van der Waals surface area contributed by atoms with Gasteiger partial charge in [0, 0.05) is 22.6 Å². The molecule has 5 nitrogen and oxygen atoms in total. The maximum atomic E-state index is 12.6. The van der Waals surface area contributed by atoms with Crippen LogP contribution in [-0.2, 0) is 11.8 Å². The van der Waals surface area contributed by atoms with E-state index in [-0.39, 0.29) is 17.2 Å². The van der Waals surface area contributed by atoms with E-state index in [0.717, 1.165) is 26.5 Å². The van der Waals surface area contributed by atoms with Crippen LogP contribution in [0.15, 0.2) is 28.2 Å². The lowest BCUT2D eigenvalue weighted by Gasteiger charge is -2.10. The highest BCUT2D eigenvalue weighted by Crippen LogP contribution is 2.28. The van der Waals surface area contributed by atoms with Gasteiger partial charge in [0.15, 0.2) is 5.16 Å². The molecule has 8 heteroatoms. The fourth-order valence-electron chi connectivity index (χ4n) is 2.57. The highest BCUT2D eigenvalue weighted by Gasteiger charge is 2.16. The number of carbonyl (C=O) groups excluding carboxylic acids is 1. The predicted molar refractivity (Wildman–Crippen MR) is 110 cm³/mol. The van der Waals surface area contributed by atoms with Crippen molar-refractivity contribution in [2.75, 3.05) is 11.1 Å². The topological polar surface area (TPSA) is 64.0 Å². The van der Waals surface area contributed by atoms with Crippen molar-refractivity contribution >= 4 is 56.5 Å². The zero-order valence-electron chi connectivity index (χ0n) is 14.8. The molecule has 2 heterocycles. The normalized spacial score (nSPS) is 11.1. The molecule has 0 bridgehead atoms. The molecule has 1 amide bonds. The van der Waals surface area contributed by atoms with Crippen molar-refractivity contribution in [3.63, 3.8) is 0 Å². The van der Waals surface area contributed by atoms with E-state index in [1.807, 2.05) is 20.8 Å². The van der Waals surface area contributed by atoms with Crippen LogP contribution in [0.1, 0.15) is 16.0 Å². The average Bonchev–Trinajstić information content (AvgIpc) is 2.86. The molecule has 0 aliphatic carbocycles. The number of aromatic nitrogens is 2. The lowest BCUT2D eigenvalue weighted by molar-refractivity contribution is -0.113. The molecule has 136 valence electrons. The molecule has 0 unspecified atom stereocenters. The molecule has 1 N–H and O–H groups in total. The second kappa shape index (κ2) is 7.42. The molecule has 0 spiro atoms. The molecule has 0 saturated heterocycles. The quantitative estimate of drug-likeness (QED) is 0.517. The number of benzene rings is 1. The summed E-state index contributed by atoms with van der Waals surface area (Å²) in [5, 5.41) is 4.69. The standard InChI is InChI=1S/C18H18ClN3O2S2/c1-9-7-12(19)5-6-13(9)20-14(23)8-25-18-21-16-15(17(24)22(18)4)10(2)11(3)26-16/h5-7H,8H2,1-4H3,(H,20,23). The molecule has 0 aliphatic rings. The van der Waals surface area contributed by atoms with Crippen LogP contribution in [0.4, 0.5) is 5.69 Å². The van der Waals surface area contributed by atoms with Gasteiger partial charge in [0.2, 0.25) is 5.91 Å². The van der Waals surface area contributed by atoms with E-state index in [2.05, 4.69) is 10.3 Å². The van der Waals surface area contributed by atoms with E-state index in [4.69, 9.17) is 11.6 Å². The summed E-state index contributed by atoms with van der Waals surface area (Å²) in [7, 11) is 1.69. The van der Waals surface area contributed by atoms with E-state index in [0.29, 0.717) is 15.6 Å². The van der Waals surface area contributed by atoms with E-state index in [9.17, 15) is 9.59 Å². The Bertz CT molecular complexity index is 1070. The average molecular weight is 408 g/mol. The molecule has 0 fully saturated rings. The van der Waals surface area contributed by atoms with Gasteiger partial charge in [0.1, 0.15) is 4.83 Å². The van der Waals surface area contributed by atoms with Crippen molar-refractivity contribution in [2.24, 2.45) is 7.05 Å². The van der Waals surface area contributed by atoms with Crippen molar-refractivity contribution in [3.8, 4) is 0 Å². The van der Waals surface area contributed by atoms with Crippen LogP contribution in [0, 0.1) is 20.8 Å². The van der Waals surface area contributed by atoms with Gasteiger partial charge in [0.25, 0.3) is 5.56 Å².